The van der Waals surface area contributed by atoms with Gasteiger partial charge in [-0.3, -0.25) is 4.79 Å². The van der Waals surface area contributed by atoms with Crippen LogP contribution in [0.1, 0.15) is 6.42 Å². The molecule has 0 saturated heterocycles. The van der Waals surface area contributed by atoms with Crippen molar-refractivity contribution in [3.05, 3.63) is 60.0 Å². The Morgan fingerprint density at radius 2 is 1.91 bits per heavy atom. The van der Waals surface area contributed by atoms with Crippen LogP contribution in [-0.2, 0) is 4.79 Å². The minimum Gasteiger partial charge on any atom is -0.325 e. The highest BCUT2D eigenvalue weighted by Crippen LogP contribution is 2.30. The zero-order valence-corrected chi connectivity index (χ0v) is 13.0. The van der Waals surface area contributed by atoms with Crippen molar-refractivity contribution in [3.63, 3.8) is 0 Å². The Hall–Kier alpha value is -2.97. The molecule has 0 radical (unpaired) electrons. The number of hydrogen-bond donors (Lipinski definition) is 1. The summed E-state index contributed by atoms with van der Waals surface area (Å²) in [6.07, 6.45) is -0.153. The maximum atomic E-state index is 11.5. The molecule has 112 valence electrons. The van der Waals surface area contributed by atoms with Gasteiger partial charge in [-0.2, -0.15) is 5.26 Å². The number of carbonyl (C=O) groups is 1. The van der Waals surface area contributed by atoms with E-state index in [0.717, 1.165) is 21.8 Å². The van der Waals surface area contributed by atoms with Crippen molar-refractivity contribution in [3.8, 4) is 27.9 Å². The van der Waals surface area contributed by atoms with Gasteiger partial charge >= 0.3 is 0 Å². The van der Waals surface area contributed by atoms with Crippen molar-refractivity contribution in [2.24, 2.45) is 0 Å². The molecule has 4 nitrogen and oxygen atoms in total. The molecule has 2 aromatic carbocycles. The van der Waals surface area contributed by atoms with E-state index < -0.39 is 0 Å². The molecule has 0 unspecified atom stereocenters. The maximum Gasteiger partial charge on any atom is 0.238 e. The lowest BCUT2D eigenvalue weighted by atomic mass is 10.2. The molecule has 1 heterocycles. The molecule has 0 fully saturated rings. The van der Waals surface area contributed by atoms with Gasteiger partial charge < -0.3 is 5.32 Å². The second kappa shape index (κ2) is 6.86. The van der Waals surface area contributed by atoms with Gasteiger partial charge in [0.1, 0.15) is 11.4 Å². The quantitative estimate of drug-likeness (QED) is 0.778. The molecule has 23 heavy (non-hydrogen) atoms. The van der Waals surface area contributed by atoms with Crippen molar-refractivity contribution in [2.45, 2.75) is 6.42 Å². The molecule has 1 aromatic heterocycles. The highest BCUT2D eigenvalue weighted by Gasteiger charge is 2.08. The van der Waals surface area contributed by atoms with Crippen LogP contribution in [0.3, 0.4) is 0 Å². The van der Waals surface area contributed by atoms with Crippen LogP contribution in [0.5, 0.6) is 0 Å². The Balaban J connectivity index is 1.84. The number of carbonyl (C=O) groups excluding carboxylic acids is 1. The van der Waals surface area contributed by atoms with E-state index in [1.807, 2.05) is 60.0 Å². The lowest BCUT2D eigenvalue weighted by molar-refractivity contribution is -0.115. The first kappa shape index (κ1) is 14.9. The van der Waals surface area contributed by atoms with Crippen molar-refractivity contribution < 1.29 is 4.79 Å². The molecule has 0 atom stereocenters. The number of amides is 1. The van der Waals surface area contributed by atoms with E-state index in [1.165, 1.54) is 0 Å². The first-order chi connectivity index (χ1) is 11.3. The molecule has 3 aromatic rings. The van der Waals surface area contributed by atoms with Gasteiger partial charge in [0, 0.05) is 22.2 Å². The predicted molar refractivity (Wildman–Crippen MR) is 91.8 cm³/mol. The highest BCUT2D eigenvalue weighted by molar-refractivity contribution is 7.13. The van der Waals surface area contributed by atoms with E-state index in [1.54, 1.807) is 17.4 Å². The van der Waals surface area contributed by atoms with Crippen molar-refractivity contribution in [1.82, 2.24) is 4.98 Å². The monoisotopic (exact) mass is 319 g/mol. The number of thiazole rings is 1. The number of aromatic nitrogens is 1. The maximum absolute atomic E-state index is 11.5. The van der Waals surface area contributed by atoms with Crippen LogP contribution in [0.2, 0.25) is 0 Å². The van der Waals surface area contributed by atoms with Crippen LogP contribution in [0.4, 0.5) is 5.69 Å². The van der Waals surface area contributed by atoms with Crippen LogP contribution >= 0.6 is 11.3 Å². The van der Waals surface area contributed by atoms with Gasteiger partial charge in [0.15, 0.2) is 0 Å². The summed E-state index contributed by atoms with van der Waals surface area (Å²) in [7, 11) is 0. The van der Waals surface area contributed by atoms with Crippen LogP contribution in [-0.4, -0.2) is 10.9 Å². The van der Waals surface area contributed by atoms with Gasteiger partial charge in [-0.1, -0.05) is 42.5 Å². The lowest BCUT2D eigenvalue weighted by Crippen LogP contribution is -2.09. The number of nitrogens with one attached hydrogen (secondary N) is 1. The molecular weight excluding hydrogens is 306 g/mol. The fraction of sp³-hybridized carbons (Fsp3) is 0.0556. The van der Waals surface area contributed by atoms with Crippen LogP contribution in [0.15, 0.2) is 60.0 Å². The average molecular weight is 319 g/mol. The van der Waals surface area contributed by atoms with Gasteiger partial charge in [0.2, 0.25) is 5.91 Å². The SMILES string of the molecule is N#CCC(=O)Nc1cccc(-c2nc(-c3ccccc3)cs2)c1. The predicted octanol–water partition coefficient (Wildman–Crippen LogP) is 4.33. The van der Waals surface area contributed by atoms with Gasteiger partial charge in [-0.15, -0.1) is 11.3 Å². The summed E-state index contributed by atoms with van der Waals surface area (Å²) in [6, 6.07) is 19.3. The number of nitriles is 1. The summed E-state index contributed by atoms with van der Waals surface area (Å²) in [6.45, 7) is 0. The van der Waals surface area contributed by atoms with E-state index in [9.17, 15) is 4.79 Å². The summed E-state index contributed by atoms with van der Waals surface area (Å²) < 4.78 is 0. The normalized spacial score (nSPS) is 10.0. The van der Waals surface area contributed by atoms with Crippen molar-refractivity contribution >= 4 is 22.9 Å². The van der Waals surface area contributed by atoms with Gasteiger partial charge in [-0.25, -0.2) is 4.98 Å². The third kappa shape index (κ3) is 3.62. The van der Waals surface area contributed by atoms with Gasteiger partial charge in [-0.05, 0) is 12.1 Å². The Kier molecular flexibility index (Phi) is 4.46. The van der Waals surface area contributed by atoms with Gasteiger partial charge in [0.05, 0.1) is 11.8 Å². The molecule has 0 aliphatic rings. The number of hydrogen-bond acceptors (Lipinski definition) is 4. The van der Waals surface area contributed by atoms with Crippen molar-refractivity contribution in [1.29, 1.82) is 5.26 Å². The van der Waals surface area contributed by atoms with Crippen molar-refractivity contribution in [2.75, 3.05) is 5.32 Å². The second-order valence-electron chi connectivity index (χ2n) is 4.87. The van der Waals surface area contributed by atoms with E-state index in [2.05, 4.69) is 10.3 Å². The Labute approximate surface area is 138 Å². The Morgan fingerprint density at radius 1 is 1.13 bits per heavy atom. The van der Waals surface area contributed by atoms with Gasteiger partial charge in [0.25, 0.3) is 0 Å². The molecule has 0 spiro atoms. The number of benzene rings is 2. The number of anilines is 1. The second-order valence-corrected chi connectivity index (χ2v) is 5.73. The molecule has 0 bridgehead atoms. The Morgan fingerprint density at radius 3 is 2.70 bits per heavy atom. The molecule has 1 amide bonds. The van der Waals surface area contributed by atoms with Crippen LogP contribution in [0, 0.1) is 11.3 Å². The van der Waals surface area contributed by atoms with E-state index in [-0.39, 0.29) is 12.3 Å². The van der Waals surface area contributed by atoms with E-state index in [0.29, 0.717) is 5.69 Å². The van der Waals surface area contributed by atoms with E-state index in [4.69, 9.17) is 5.26 Å². The summed E-state index contributed by atoms with van der Waals surface area (Å²) in [5.41, 5.74) is 3.61. The van der Waals surface area contributed by atoms with Crippen LogP contribution in [0.25, 0.3) is 21.8 Å². The summed E-state index contributed by atoms with van der Waals surface area (Å²) in [4.78, 5) is 16.2. The molecule has 3 rings (SSSR count). The first-order valence-electron chi connectivity index (χ1n) is 7.04. The number of rotatable bonds is 4. The fourth-order valence-corrected chi connectivity index (χ4v) is 2.98. The molecule has 0 aliphatic heterocycles. The largest absolute Gasteiger partial charge is 0.325 e. The zero-order valence-electron chi connectivity index (χ0n) is 12.2. The average Bonchev–Trinajstić information content (AvgIpc) is 3.06. The van der Waals surface area contributed by atoms with E-state index >= 15 is 0 Å². The summed E-state index contributed by atoms with van der Waals surface area (Å²) in [5, 5.41) is 14.2. The number of nitrogens with zero attached hydrogens (tertiary/aromatic N) is 2. The fourth-order valence-electron chi connectivity index (χ4n) is 2.15. The topological polar surface area (TPSA) is 65.8 Å². The minimum absolute atomic E-state index is 0.153. The lowest BCUT2D eigenvalue weighted by Gasteiger charge is -2.04. The third-order valence-electron chi connectivity index (χ3n) is 3.21. The smallest absolute Gasteiger partial charge is 0.238 e. The molecule has 0 saturated carbocycles. The standard InChI is InChI=1S/C18H13N3OS/c19-10-9-17(22)20-15-8-4-7-14(11-15)18-21-16(12-23-18)13-5-2-1-3-6-13/h1-8,11-12H,9H2,(H,20,22). The first-order valence-corrected chi connectivity index (χ1v) is 7.92. The summed E-state index contributed by atoms with van der Waals surface area (Å²) >= 11 is 1.56. The summed E-state index contributed by atoms with van der Waals surface area (Å²) in [5.74, 6) is -0.311. The van der Waals surface area contributed by atoms with Crippen LogP contribution < -0.4 is 5.32 Å². The Bertz CT molecular complexity index is 865. The highest BCUT2D eigenvalue weighted by atomic mass is 32.1. The zero-order chi connectivity index (χ0) is 16.1. The molecule has 5 heteroatoms. The molecule has 1 N–H and O–H groups in total. The minimum atomic E-state index is -0.311. The molecular formula is C18H13N3OS. The third-order valence-corrected chi connectivity index (χ3v) is 4.10. The molecule has 0 aliphatic carbocycles.